The molecule has 3 aromatic carbocycles. The second-order valence-corrected chi connectivity index (χ2v) is 8.07. The van der Waals surface area contributed by atoms with Crippen molar-refractivity contribution in [1.82, 2.24) is 0 Å². The van der Waals surface area contributed by atoms with Crippen LogP contribution in [0.5, 0.6) is 11.5 Å². The molecule has 0 unspecified atom stereocenters. The number of carbonyl (C=O) groups is 3. The van der Waals surface area contributed by atoms with E-state index in [0.717, 1.165) is 16.9 Å². The van der Waals surface area contributed by atoms with E-state index in [1.54, 1.807) is 24.3 Å². The molecule has 0 atom stereocenters. The van der Waals surface area contributed by atoms with E-state index in [1.165, 1.54) is 24.3 Å². The second-order valence-electron chi connectivity index (χ2n) is 8.07. The molecule has 0 saturated carbocycles. The molecule has 35 heavy (non-hydrogen) atoms. The van der Waals surface area contributed by atoms with E-state index in [-0.39, 0.29) is 25.2 Å². The van der Waals surface area contributed by atoms with Crippen LogP contribution < -0.4 is 15.4 Å². The zero-order valence-electron chi connectivity index (χ0n) is 19.6. The molecule has 0 aliphatic rings. The second kappa shape index (κ2) is 12.3. The molecule has 0 radical (unpaired) electrons. The van der Waals surface area contributed by atoms with E-state index in [9.17, 15) is 18.8 Å². The standard InChI is InChI=1S/C27H27FN2O5/c1-18-14-19(2)16-24(15-18)35-23-12-10-22(11-13-23)29-25(31)4-3-5-27(33)34-17-26(32)30-21-8-6-20(28)7-9-21/h6-16H,3-5,17H2,1-2H3,(H,29,31)(H,30,32). The fourth-order valence-electron chi connectivity index (χ4n) is 3.30. The number of halogens is 1. The fraction of sp³-hybridized carbons (Fsp3) is 0.222. The molecule has 2 amide bonds. The van der Waals surface area contributed by atoms with E-state index in [1.807, 2.05) is 26.0 Å². The van der Waals surface area contributed by atoms with Gasteiger partial charge in [0.15, 0.2) is 6.61 Å². The van der Waals surface area contributed by atoms with Gasteiger partial charge < -0.3 is 20.1 Å². The van der Waals surface area contributed by atoms with Crippen molar-refractivity contribution in [1.29, 1.82) is 0 Å². The first-order chi connectivity index (χ1) is 16.8. The summed E-state index contributed by atoms with van der Waals surface area (Å²) in [6.07, 6.45) is 0.399. The number of hydrogen-bond donors (Lipinski definition) is 2. The van der Waals surface area contributed by atoms with Crippen molar-refractivity contribution in [3.63, 3.8) is 0 Å². The summed E-state index contributed by atoms with van der Waals surface area (Å²) >= 11 is 0. The van der Waals surface area contributed by atoms with Gasteiger partial charge in [0.1, 0.15) is 17.3 Å². The summed E-state index contributed by atoms with van der Waals surface area (Å²) in [5.41, 5.74) is 3.24. The lowest BCUT2D eigenvalue weighted by atomic mass is 10.1. The first-order valence-electron chi connectivity index (χ1n) is 11.1. The van der Waals surface area contributed by atoms with Gasteiger partial charge in [-0.25, -0.2) is 4.39 Å². The van der Waals surface area contributed by atoms with Crippen LogP contribution in [-0.2, 0) is 19.1 Å². The predicted octanol–water partition coefficient (Wildman–Crippen LogP) is 5.53. The molecule has 3 aromatic rings. The summed E-state index contributed by atoms with van der Waals surface area (Å²) in [7, 11) is 0. The Morgan fingerprint density at radius 1 is 0.743 bits per heavy atom. The van der Waals surface area contributed by atoms with Crippen LogP contribution in [0.4, 0.5) is 15.8 Å². The molecule has 0 spiro atoms. The SMILES string of the molecule is Cc1cc(C)cc(Oc2ccc(NC(=O)CCCC(=O)OCC(=O)Nc3ccc(F)cc3)cc2)c1. The lowest BCUT2D eigenvalue weighted by Gasteiger charge is -2.10. The Morgan fingerprint density at radius 3 is 1.94 bits per heavy atom. The first-order valence-corrected chi connectivity index (χ1v) is 11.1. The quantitative estimate of drug-likeness (QED) is 0.374. The molecule has 182 valence electrons. The van der Waals surface area contributed by atoms with Gasteiger partial charge in [0.25, 0.3) is 5.91 Å². The summed E-state index contributed by atoms with van der Waals surface area (Å²) in [4.78, 5) is 35.8. The minimum absolute atomic E-state index is 0.0000643. The molecule has 0 saturated heterocycles. The van der Waals surface area contributed by atoms with Crippen molar-refractivity contribution in [3.05, 3.63) is 83.7 Å². The fourth-order valence-corrected chi connectivity index (χ4v) is 3.30. The Bertz CT molecular complexity index is 1160. The molecule has 0 aromatic heterocycles. The molecule has 8 heteroatoms. The van der Waals surface area contributed by atoms with E-state index in [0.29, 0.717) is 17.1 Å². The molecule has 0 bridgehead atoms. The van der Waals surface area contributed by atoms with Gasteiger partial charge >= 0.3 is 5.97 Å². The zero-order valence-corrected chi connectivity index (χ0v) is 19.6. The molecule has 7 nitrogen and oxygen atoms in total. The molecule has 3 rings (SSSR count). The third kappa shape index (κ3) is 8.92. The minimum Gasteiger partial charge on any atom is -0.457 e. The summed E-state index contributed by atoms with van der Waals surface area (Å²) in [5.74, 6) is -0.376. The Hall–Kier alpha value is -4.20. The van der Waals surface area contributed by atoms with Gasteiger partial charge in [0, 0.05) is 24.2 Å². The number of nitrogens with one attached hydrogen (secondary N) is 2. The van der Waals surface area contributed by atoms with Crippen molar-refractivity contribution < 1.29 is 28.2 Å². The van der Waals surface area contributed by atoms with E-state index in [2.05, 4.69) is 16.7 Å². The van der Waals surface area contributed by atoms with Gasteiger partial charge in [-0.3, -0.25) is 14.4 Å². The van der Waals surface area contributed by atoms with Crippen molar-refractivity contribution >= 4 is 29.2 Å². The largest absolute Gasteiger partial charge is 0.457 e. The Labute approximate surface area is 203 Å². The van der Waals surface area contributed by atoms with Crippen molar-refractivity contribution in [2.24, 2.45) is 0 Å². The van der Waals surface area contributed by atoms with Crippen molar-refractivity contribution in [2.75, 3.05) is 17.2 Å². The molecule has 2 N–H and O–H groups in total. The number of benzene rings is 3. The van der Waals surface area contributed by atoms with Crippen LogP contribution in [0, 0.1) is 19.7 Å². The van der Waals surface area contributed by atoms with Crippen LogP contribution in [-0.4, -0.2) is 24.4 Å². The highest BCUT2D eigenvalue weighted by Crippen LogP contribution is 2.25. The van der Waals surface area contributed by atoms with Crippen LogP contribution in [0.25, 0.3) is 0 Å². The number of rotatable bonds is 10. The Balaban J connectivity index is 1.34. The number of amides is 2. The molecule has 0 aliphatic carbocycles. The predicted molar refractivity (Wildman–Crippen MR) is 131 cm³/mol. The topological polar surface area (TPSA) is 93.7 Å². The van der Waals surface area contributed by atoms with Gasteiger partial charge in [-0.05, 0) is 92.1 Å². The average molecular weight is 479 g/mol. The maximum Gasteiger partial charge on any atom is 0.306 e. The lowest BCUT2D eigenvalue weighted by Crippen LogP contribution is -2.21. The summed E-state index contributed by atoms with van der Waals surface area (Å²) in [6, 6.07) is 18.2. The lowest BCUT2D eigenvalue weighted by molar-refractivity contribution is -0.147. The number of aryl methyl sites for hydroxylation is 2. The maximum atomic E-state index is 12.9. The monoisotopic (exact) mass is 478 g/mol. The summed E-state index contributed by atoms with van der Waals surface area (Å²) in [5, 5.41) is 5.26. The number of carbonyl (C=O) groups excluding carboxylic acids is 3. The number of esters is 1. The number of ether oxygens (including phenoxy) is 2. The molecule has 0 fully saturated rings. The number of anilines is 2. The minimum atomic E-state index is -0.583. The molecular formula is C27H27FN2O5. The van der Waals surface area contributed by atoms with Gasteiger partial charge in [0.05, 0.1) is 0 Å². The first kappa shape index (κ1) is 25.4. The highest BCUT2D eigenvalue weighted by molar-refractivity contribution is 5.93. The van der Waals surface area contributed by atoms with Crippen molar-refractivity contribution in [3.8, 4) is 11.5 Å². The van der Waals surface area contributed by atoms with Gasteiger partial charge in [0.2, 0.25) is 5.91 Å². The highest BCUT2D eigenvalue weighted by atomic mass is 19.1. The Kier molecular flexibility index (Phi) is 8.95. The third-order valence-corrected chi connectivity index (χ3v) is 4.85. The van der Waals surface area contributed by atoms with Crippen LogP contribution in [0.3, 0.4) is 0 Å². The molecular weight excluding hydrogens is 451 g/mol. The smallest absolute Gasteiger partial charge is 0.306 e. The maximum absolute atomic E-state index is 12.9. The van der Waals surface area contributed by atoms with Crippen LogP contribution in [0.15, 0.2) is 66.7 Å². The van der Waals surface area contributed by atoms with Crippen LogP contribution in [0.1, 0.15) is 30.4 Å². The van der Waals surface area contributed by atoms with Gasteiger partial charge in [-0.2, -0.15) is 0 Å². The van der Waals surface area contributed by atoms with Crippen LogP contribution in [0.2, 0.25) is 0 Å². The van der Waals surface area contributed by atoms with Crippen molar-refractivity contribution in [2.45, 2.75) is 33.1 Å². The van der Waals surface area contributed by atoms with Gasteiger partial charge in [-0.15, -0.1) is 0 Å². The molecule has 0 heterocycles. The van der Waals surface area contributed by atoms with Crippen LogP contribution >= 0.6 is 0 Å². The highest BCUT2D eigenvalue weighted by Gasteiger charge is 2.10. The summed E-state index contributed by atoms with van der Waals surface area (Å²) < 4.78 is 23.6. The average Bonchev–Trinajstić information content (AvgIpc) is 2.80. The normalized spacial score (nSPS) is 10.4. The number of hydrogen-bond acceptors (Lipinski definition) is 5. The van der Waals surface area contributed by atoms with Gasteiger partial charge in [-0.1, -0.05) is 6.07 Å². The molecule has 0 aliphatic heterocycles. The van der Waals surface area contributed by atoms with E-state index in [4.69, 9.17) is 9.47 Å². The Morgan fingerprint density at radius 2 is 1.31 bits per heavy atom. The summed E-state index contributed by atoms with van der Waals surface area (Å²) in [6.45, 7) is 3.55. The zero-order chi connectivity index (χ0) is 25.2. The van der Waals surface area contributed by atoms with E-state index < -0.39 is 24.3 Å². The third-order valence-electron chi connectivity index (χ3n) is 4.85. The van der Waals surface area contributed by atoms with E-state index >= 15 is 0 Å².